The number of carbonyl (C=O) groups is 1. The van der Waals surface area contributed by atoms with Gasteiger partial charge in [0.05, 0.1) is 4.90 Å². The maximum Gasteiger partial charge on any atom is 0.324 e. The molecule has 1 atom stereocenters. The Kier molecular flexibility index (Phi) is 7.44. The van der Waals surface area contributed by atoms with Crippen LogP contribution in [0, 0.1) is 5.92 Å². The molecule has 3 aromatic carbocycles. The van der Waals surface area contributed by atoms with Crippen LogP contribution in [0.4, 0.5) is 0 Å². The van der Waals surface area contributed by atoms with Gasteiger partial charge in [-0.15, -0.1) is 0 Å². The van der Waals surface area contributed by atoms with E-state index in [0.29, 0.717) is 11.5 Å². The van der Waals surface area contributed by atoms with E-state index in [4.69, 9.17) is 9.47 Å². The monoisotopic (exact) mass is 439 g/mol. The van der Waals surface area contributed by atoms with E-state index in [0.717, 1.165) is 5.56 Å². The van der Waals surface area contributed by atoms with Crippen LogP contribution in [-0.4, -0.2) is 20.4 Å². The average Bonchev–Trinajstić information content (AvgIpc) is 2.77. The average molecular weight is 440 g/mol. The van der Waals surface area contributed by atoms with Crippen molar-refractivity contribution in [1.29, 1.82) is 0 Å². The van der Waals surface area contributed by atoms with Gasteiger partial charge in [-0.25, -0.2) is 8.42 Å². The summed E-state index contributed by atoms with van der Waals surface area (Å²) in [5.74, 6) is 0.246. The Morgan fingerprint density at radius 1 is 0.839 bits per heavy atom. The largest absolute Gasteiger partial charge is 0.460 e. The molecule has 0 saturated carbocycles. The second-order valence-electron chi connectivity index (χ2n) is 7.32. The van der Waals surface area contributed by atoms with Crippen LogP contribution in [0.15, 0.2) is 89.8 Å². The van der Waals surface area contributed by atoms with Gasteiger partial charge in [0, 0.05) is 0 Å². The number of para-hydroxylation sites is 1. The van der Waals surface area contributed by atoms with Gasteiger partial charge in [-0.2, -0.15) is 4.72 Å². The third-order valence-corrected chi connectivity index (χ3v) is 6.00. The fraction of sp³-hybridized carbons (Fsp3) is 0.208. The number of ether oxygens (including phenoxy) is 2. The summed E-state index contributed by atoms with van der Waals surface area (Å²) in [5.41, 5.74) is 0.829. The maximum atomic E-state index is 12.8. The smallest absolute Gasteiger partial charge is 0.324 e. The van der Waals surface area contributed by atoms with Crippen molar-refractivity contribution in [1.82, 2.24) is 4.72 Å². The summed E-state index contributed by atoms with van der Waals surface area (Å²) >= 11 is 0. The van der Waals surface area contributed by atoms with E-state index in [2.05, 4.69) is 4.72 Å². The van der Waals surface area contributed by atoms with Crippen LogP contribution >= 0.6 is 0 Å². The molecule has 31 heavy (non-hydrogen) atoms. The van der Waals surface area contributed by atoms with Crippen molar-refractivity contribution in [3.8, 4) is 11.5 Å². The van der Waals surface area contributed by atoms with Gasteiger partial charge < -0.3 is 9.47 Å². The zero-order valence-electron chi connectivity index (χ0n) is 17.4. The minimum atomic E-state index is -3.93. The Morgan fingerprint density at radius 3 is 1.97 bits per heavy atom. The first kappa shape index (κ1) is 22.5. The lowest BCUT2D eigenvalue weighted by atomic mass is 10.1. The van der Waals surface area contributed by atoms with Crippen LogP contribution in [0.2, 0.25) is 0 Å². The molecule has 0 aliphatic carbocycles. The van der Waals surface area contributed by atoms with Crippen molar-refractivity contribution in [2.75, 3.05) is 0 Å². The van der Waals surface area contributed by atoms with E-state index in [1.807, 2.05) is 48.5 Å². The SMILES string of the molecule is CC(C)[C@@H](NS(=O)(=O)c1ccc(Oc2ccccc2)cc1)C(=O)OCc1ccccc1. The zero-order chi connectivity index (χ0) is 22.3. The summed E-state index contributed by atoms with van der Waals surface area (Å²) in [5, 5.41) is 0. The molecule has 0 saturated heterocycles. The highest BCUT2D eigenvalue weighted by molar-refractivity contribution is 7.89. The van der Waals surface area contributed by atoms with Crippen LogP contribution in [-0.2, 0) is 26.2 Å². The van der Waals surface area contributed by atoms with Crippen molar-refractivity contribution in [3.63, 3.8) is 0 Å². The molecule has 0 aliphatic rings. The summed E-state index contributed by atoms with van der Waals surface area (Å²) in [4.78, 5) is 12.6. The number of esters is 1. The van der Waals surface area contributed by atoms with E-state index in [9.17, 15) is 13.2 Å². The molecule has 162 valence electrons. The molecule has 0 fully saturated rings. The Labute approximate surface area is 182 Å². The topological polar surface area (TPSA) is 81.7 Å². The molecular formula is C24H25NO5S. The third kappa shape index (κ3) is 6.41. The maximum absolute atomic E-state index is 12.8. The van der Waals surface area contributed by atoms with Gasteiger partial charge in [0.25, 0.3) is 0 Å². The molecule has 0 spiro atoms. The first-order chi connectivity index (χ1) is 14.8. The van der Waals surface area contributed by atoms with Crippen LogP contribution < -0.4 is 9.46 Å². The quantitative estimate of drug-likeness (QED) is 0.496. The summed E-state index contributed by atoms with van der Waals surface area (Å²) in [6.07, 6.45) is 0. The molecule has 0 amide bonds. The molecule has 3 aromatic rings. The van der Waals surface area contributed by atoms with Gasteiger partial charge >= 0.3 is 5.97 Å². The molecule has 0 heterocycles. The number of carbonyl (C=O) groups excluding carboxylic acids is 1. The minimum Gasteiger partial charge on any atom is -0.460 e. The van der Waals surface area contributed by atoms with Crippen molar-refractivity contribution < 1.29 is 22.7 Å². The second kappa shape index (κ2) is 10.2. The van der Waals surface area contributed by atoms with E-state index in [1.54, 1.807) is 38.1 Å². The molecule has 3 rings (SSSR count). The molecule has 7 heteroatoms. The Morgan fingerprint density at radius 2 is 1.39 bits per heavy atom. The Hall–Kier alpha value is -3.16. The van der Waals surface area contributed by atoms with Gasteiger partial charge in [-0.3, -0.25) is 4.79 Å². The number of benzene rings is 3. The van der Waals surface area contributed by atoms with E-state index in [1.165, 1.54) is 12.1 Å². The highest BCUT2D eigenvalue weighted by Crippen LogP contribution is 2.23. The highest BCUT2D eigenvalue weighted by atomic mass is 32.2. The molecule has 6 nitrogen and oxygen atoms in total. The highest BCUT2D eigenvalue weighted by Gasteiger charge is 2.29. The van der Waals surface area contributed by atoms with Crippen LogP contribution in [0.1, 0.15) is 19.4 Å². The van der Waals surface area contributed by atoms with Gasteiger partial charge in [0.15, 0.2) is 0 Å². The van der Waals surface area contributed by atoms with Crippen LogP contribution in [0.25, 0.3) is 0 Å². The molecule has 0 radical (unpaired) electrons. The molecule has 0 aromatic heterocycles. The second-order valence-corrected chi connectivity index (χ2v) is 9.04. The first-order valence-electron chi connectivity index (χ1n) is 9.91. The Bertz CT molecular complexity index is 1080. The van der Waals surface area contributed by atoms with Gasteiger partial charge in [0.2, 0.25) is 10.0 Å². The number of nitrogens with one attached hydrogen (secondary N) is 1. The molecule has 0 unspecified atom stereocenters. The molecule has 0 bridgehead atoms. The standard InChI is InChI=1S/C24H25NO5S/c1-18(2)23(24(26)29-17-19-9-5-3-6-10-19)25-31(27,28)22-15-13-21(14-16-22)30-20-11-7-4-8-12-20/h3-16,18,23,25H,17H2,1-2H3/t23-/m1/s1. The fourth-order valence-electron chi connectivity index (χ4n) is 2.82. The van der Waals surface area contributed by atoms with Gasteiger partial charge in [0.1, 0.15) is 24.1 Å². The number of hydrogen-bond donors (Lipinski definition) is 1. The first-order valence-corrected chi connectivity index (χ1v) is 11.4. The lowest BCUT2D eigenvalue weighted by molar-refractivity contribution is -0.148. The van der Waals surface area contributed by atoms with Crippen molar-refractivity contribution in [2.24, 2.45) is 5.92 Å². The number of sulfonamides is 1. The van der Waals surface area contributed by atoms with Gasteiger partial charge in [-0.1, -0.05) is 62.4 Å². The molecule has 0 aliphatic heterocycles. The predicted octanol–water partition coefficient (Wildman–Crippen LogP) is 4.53. The van der Waals surface area contributed by atoms with Crippen molar-refractivity contribution in [2.45, 2.75) is 31.4 Å². The summed E-state index contributed by atoms with van der Waals surface area (Å²) in [7, 11) is -3.93. The lowest BCUT2D eigenvalue weighted by Gasteiger charge is -2.21. The predicted molar refractivity (Wildman–Crippen MR) is 118 cm³/mol. The van der Waals surface area contributed by atoms with Crippen molar-refractivity contribution in [3.05, 3.63) is 90.5 Å². The number of hydrogen-bond acceptors (Lipinski definition) is 5. The van der Waals surface area contributed by atoms with Gasteiger partial charge in [-0.05, 0) is 47.9 Å². The third-order valence-electron chi connectivity index (χ3n) is 4.54. The van der Waals surface area contributed by atoms with E-state index < -0.39 is 22.0 Å². The fourth-order valence-corrected chi connectivity index (χ4v) is 4.15. The van der Waals surface area contributed by atoms with Crippen LogP contribution in [0.5, 0.6) is 11.5 Å². The van der Waals surface area contributed by atoms with E-state index >= 15 is 0 Å². The summed E-state index contributed by atoms with van der Waals surface area (Å²) in [6, 6.07) is 23.4. The lowest BCUT2D eigenvalue weighted by Crippen LogP contribution is -2.45. The normalized spacial score (nSPS) is 12.4. The van der Waals surface area contributed by atoms with E-state index in [-0.39, 0.29) is 17.4 Å². The Balaban J connectivity index is 1.67. The summed E-state index contributed by atoms with van der Waals surface area (Å²) < 4.78 is 39.2. The zero-order valence-corrected chi connectivity index (χ0v) is 18.2. The minimum absolute atomic E-state index is 0.0365. The van der Waals surface area contributed by atoms with Crippen LogP contribution in [0.3, 0.4) is 0 Å². The summed E-state index contributed by atoms with van der Waals surface area (Å²) in [6.45, 7) is 3.59. The van der Waals surface area contributed by atoms with Crippen molar-refractivity contribution >= 4 is 16.0 Å². The number of rotatable bonds is 9. The molecule has 1 N–H and O–H groups in total. The molecular weight excluding hydrogens is 414 g/mol.